The van der Waals surface area contributed by atoms with Crippen LogP contribution in [0.4, 0.5) is 0 Å². The lowest BCUT2D eigenvalue weighted by atomic mass is 9.93. The normalized spacial score (nSPS) is 12.6. The predicted molar refractivity (Wildman–Crippen MR) is 88.5 cm³/mol. The van der Waals surface area contributed by atoms with Crippen molar-refractivity contribution in [2.24, 2.45) is 11.8 Å². The van der Waals surface area contributed by atoms with Crippen molar-refractivity contribution >= 4 is 5.91 Å². The monoisotopic (exact) mass is 307 g/mol. The number of amides is 1. The molecule has 1 unspecified atom stereocenters. The summed E-state index contributed by atoms with van der Waals surface area (Å²) in [4.78, 5) is 12.1. The lowest BCUT2D eigenvalue weighted by Gasteiger charge is -2.25. The maximum Gasteiger partial charge on any atom is 0.220 e. The summed E-state index contributed by atoms with van der Waals surface area (Å²) in [5.74, 6) is 0.627. The minimum atomic E-state index is -0.331. The minimum absolute atomic E-state index is 0.0562. The summed E-state index contributed by atoms with van der Waals surface area (Å²) in [6, 6.07) is 10.2. The second-order valence-electron chi connectivity index (χ2n) is 6.02. The molecule has 1 rings (SSSR count). The van der Waals surface area contributed by atoms with E-state index in [1.54, 1.807) is 14.2 Å². The summed E-state index contributed by atoms with van der Waals surface area (Å²) < 4.78 is 10.7. The molecule has 124 valence electrons. The van der Waals surface area contributed by atoms with Gasteiger partial charge in [0.2, 0.25) is 5.91 Å². The SMILES string of the molecule is COC(OC)C(CC(=O)NCCc1ccccc1)CC(C)C. The van der Waals surface area contributed by atoms with Crippen molar-refractivity contribution in [3.05, 3.63) is 35.9 Å². The molecule has 0 heterocycles. The highest BCUT2D eigenvalue weighted by Crippen LogP contribution is 2.21. The second-order valence-corrected chi connectivity index (χ2v) is 6.02. The van der Waals surface area contributed by atoms with Crippen LogP contribution in [0.15, 0.2) is 30.3 Å². The van der Waals surface area contributed by atoms with Crippen LogP contribution in [-0.4, -0.2) is 33.0 Å². The number of rotatable bonds is 10. The van der Waals surface area contributed by atoms with Crippen molar-refractivity contribution in [2.45, 2.75) is 39.4 Å². The third-order valence-corrected chi connectivity index (χ3v) is 3.65. The Bertz CT molecular complexity index is 416. The molecule has 0 aliphatic carbocycles. The van der Waals surface area contributed by atoms with Crippen LogP contribution in [0.3, 0.4) is 0 Å². The van der Waals surface area contributed by atoms with Crippen LogP contribution < -0.4 is 5.32 Å². The van der Waals surface area contributed by atoms with Gasteiger partial charge in [-0.2, -0.15) is 0 Å². The molecule has 1 atom stereocenters. The molecule has 0 bridgehead atoms. The predicted octanol–water partition coefficient (Wildman–Crippen LogP) is 3.02. The van der Waals surface area contributed by atoms with Crippen molar-refractivity contribution in [1.82, 2.24) is 5.32 Å². The van der Waals surface area contributed by atoms with Crippen molar-refractivity contribution < 1.29 is 14.3 Å². The molecule has 0 aromatic heterocycles. The molecule has 1 N–H and O–H groups in total. The number of ether oxygens (including phenoxy) is 2. The van der Waals surface area contributed by atoms with Gasteiger partial charge in [-0.15, -0.1) is 0 Å². The van der Waals surface area contributed by atoms with Gasteiger partial charge in [0.15, 0.2) is 6.29 Å². The highest BCUT2D eigenvalue weighted by molar-refractivity contribution is 5.76. The number of hydrogen-bond acceptors (Lipinski definition) is 3. The Morgan fingerprint density at radius 2 is 1.77 bits per heavy atom. The molecule has 0 aliphatic heterocycles. The van der Waals surface area contributed by atoms with Crippen molar-refractivity contribution in [1.29, 1.82) is 0 Å². The molecular weight excluding hydrogens is 278 g/mol. The molecule has 1 aromatic carbocycles. The molecule has 0 spiro atoms. The van der Waals surface area contributed by atoms with Gasteiger partial charge in [-0.25, -0.2) is 0 Å². The fourth-order valence-corrected chi connectivity index (χ4v) is 2.68. The summed E-state index contributed by atoms with van der Waals surface area (Å²) in [5, 5.41) is 2.99. The molecule has 4 nitrogen and oxygen atoms in total. The molecule has 0 saturated carbocycles. The first-order chi connectivity index (χ1) is 10.6. The molecule has 0 aliphatic rings. The summed E-state index contributed by atoms with van der Waals surface area (Å²) in [5.41, 5.74) is 1.23. The van der Waals surface area contributed by atoms with E-state index in [0.29, 0.717) is 18.9 Å². The Morgan fingerprint density at radius 3 is 2.32 bits per heavy atom. The molecule has 0 saturated heterocycles. The Hall–Kier alpha value is -1.39. The van der Waals surface area contributed by atoms with Crippen LogP contribution >= 0.6 is 0 Å². The van der Waals surface area contributed by atoms with Crippen molar-refractivity contribution in [2.75, 3.05) is 20.8 Å². The lowest BCUT2D eigenvalue weighted by Crippen LogP contribution is -2.33. The molecule has 1 amide bonds. The van der Waals surface area contributed by atoms with Crippen LogP contribution in [0, 0.1) is 11.8 Å². The van der Waals surface area contributed by atoms with Gasteiger partial charge >= 0.3 is 0 Å². The maximum absolute atomic E-state index is 12.1. The largest absolute Gasteiger partial charge is 0.356 e. The van der Waals surface area contributed by atoms with Crippen LogP contribution in [0.5, 0.6) is 0 Å². The van der Waals surface area contributed by atoms with E-state index in [1.807, 2.05) is 18.2 Å². The molecule has 22 heavy (non-hydrogen) atoms. The first-order valence-corrected chi connectivity index (χ1v) is 7.93. The zero-order valence-electron chi connectivity index (χ0n) is 14.2. The fraction of sp³-hybridized carbons (Fsp3) is 0.611. The van der Waals surface area contributed by atoms with E-state index in [1.165, 1.54) is 5.56 Å². The number of hydrogen-bond donors (Lipinski definition) is 1. The third kappa shape index (κ3) is 7.05. The van der Waals surface area contributed by atoms with Gasteiger partial charge in [0.05, 0.1) is 0 Å². The number of nitrogens with one attached hydrogen (secondary N) is 1. The Labute approximate surface area is 134 Å². The quantitative estimate of drug-likeness (QED) is 0.676. The van der Waals surface area contributed by atoms with Crippen LogP contribution in [0.25, 0.3) is 0 Å². The van der Waals surface area contributed by atoms with E-state index >= 15 is 0 Å². The highest BCUT2D eigenvalue weighted by Gasteiger charge is 2.24. The fourth-order valence-electron chi connectivity index (χ4n) is 2.68. The van der Waals surface area contributed by atoms with Gasteiger partial charge < -0.3 is 14.8 Å². The van der Waals surface area contributed by atoms with Gasteiger partial charge in [0.25, 0.3) is 0 Å². The first-order valence-electron chi connectivity index (χ1n) is 7.93. The molecule has 1 aromatic rings. The summed E-state index contributed by atoms with van der Waals surface area (Å²) in [6.45, 7) is 4.94. The average Bonchev–Trinajstić information content (AvgIpc) is 2.49. The minimum Gasteiger partial charge on any atom is -0.356 e. The maximum atomic E-state index is 12.1. The lowest BCUT2D eigenvalue weighted by molar-refractivity contribution is -0.149. The molecule has 0 radical (unpaired) electrons. The Balaban J connectivity index is 2.42. The van der Waals surface area contributed by atoms with Crippen LogP contribution in [-0.2, 0) is 20.7 Å². The van der Waals surface area contributed by atoms with E-state index in [4.69, 9.17) is 9.47 Å². The highest BCUT2D eigenvalue weighted by atomic mass is 16.7. The Morgan fingerprint density at radius 1 is 1.14 bits per heavy atom. The third-order valence-electron chi connectivity index (χ3n) is 3.65. The molecular formula is C18H29NO3. The van der Waals surface area contributed by atoms with E-state index in [0.717, 1.165) is 12.8 Å². The number of carbonyl (C=O) groups is 1. The Kier molecular flexibility index (Phi) is 8.78. The van der Waals surface area contributed by atoms with E-state index < -0.39 is 0 Å². The number of carbonyl (C=O) groups excluding carboxylic acids is 1. The van der Waals surface area contributed by atoms with Gasteiger partial charge in [-0.05, 0) is 24.3 Å². The zero-order valence-corrected chi connectivity index (χ0v) is 14.2. The van der Waals surface area contributed by atoms with Gasteiger partial charge in [0, 0.05) is 33.1 Å². The topological polar surface area (TPSA) is 47.6 Å². The molecule has 4 heteroatoms. The van der Waals surface area contributed by atoms with Crippen molar-refractivity contribution in [3.8, 4) is 0 Å². The van der Waals surface area contributed by atoms with E-state index in [-0.39, 0.29) is 18.1 Å². The van der Waals surface area contributed by atoms with Gasteiger partial charge in [-0.3, -0.25) is 4.79 Å². The smallest absolute Gasteiger partial charge is 0.220 e. The number of methoxy groups -OCH3 is 2. The number of benzene rings is 1. The van der Waals surface area contributed by atoms with Crippen LogP contribution in [0.2, 0.25) is 0 Å². The van der Waals surface area contributed by atoms with E-state index in [2.05, 4.69) is 31.3 Å². The van der Waals surface area contributed by atoms with Crippen molar-refractivity contribution in [3.63, 3.8) is 0 Å². The van der Waals surface area contributed by atoms with E-state index in [9.17, 15) is 4.79 Å². The standard InChI is InChI=1S/C18H29NO3/c1-14(2)12-16(18(21-3)22-4)13-17(20)19-11-10-15-8-6-5-7-9-15/h5-9,14,16,18H,10-13H2,1-4H3,(H,19,20). The van der Waals surface area contributed by atoms with Gasteiger partial charge in [-0.1, -0.05) is 44.2 Å². The zero-order chi connectivity index (χ0) is 16.4. The molecule has 0 fully saturated rings. The summed E-state index contributed by atoms with van der Waals surface area (Å²) >= 11 is 0. The average molecular weight is 307 g/mol. The second kappa shape index (κ2) is 10.4. The van der Waals surface area contributed by atoms with Gasteiger partial charge in [0.1, 0.15) is 0 Å². The summed E-state index contributed by atoms with van der Waals surface area (Å²) in [7, 11) is 3.24. The summed E-state index contributed by atoms with van der Waals surface area (Å²) in [6.07, 6.45) is 1.85. The van der Waals surface area contributed by atoms with Crippen LogP contribution in [0.1, 0.15) is 32.3 Å². The first kappa shape index (κ1) is 18.7.